The fourth-order valence-corrected chi connectivity index (χ4v) is 3.05. The van der Waals surface area contributed by atoms with Crippen molar-refractivity contribution in [3.63, 3.8) is 0 Å². The smallest absolute Gasteiger partial charge is 0.393 e. The first-order valence-corrected chi connectivity index (χ1v) is 7.14. The summed E-state index contributed by atoms with van der Waals surface area (Å²) in [7, 11) is 0. The maximum atomic E-state index is 12.9. The summed E-state index contributed by atoms with van der Waals surface area (Å²) in [6.45, 7) is 0. The summed E-state index contributed by atoms with van der Waals surface area (Å²) in [5.41, 5.74) is -1.42. The van der Waals surface area contributed by atoms with Gasteiger partial charge in [-0.2, -0.15) is 13.2 Å². The largest absolute Gasteiger partial charge is 0.416 e. The minimum absolute atomic E-state index is 0.121. The first-order chi connectivity index (χ1) is 10.8. The van der Waals surface area contributed by atoms with Crippen molar-refractivity contribution < 1.29 is 23.4 Å². The van der Waals surface area contributed by atoms with Gasteiger partial charge in [0.15, 0.2) is 0 Å². The fourth-order valence-electron chi connectivity index (χ4n) is 3.05. The van der Waals surface area contributed by atoms with Crippen LogP contribution in [0.25, 0.3) is 0 Å². The van der Waals surface area contributed by atoms with Crippen molar-refractivity contribution in [1.82, 2.24) is 9.97 Å². The molecule has 1 atom stereocenters. The highest BCUT2D eigenvalue weighted by molar-refractivity contribution is 5.32. The highest BCUT2D eigenvalue weighted by atomic mass is 19.4. The highest BCUT2D eigenvalue weighted by Gasteiger charge is 2.52. The van der Waals surface area contributed by atoms with Gasteiger partial charge in [-0.15, -0.1) is 0 Å². The standard InChI is InChI=1S/C16H15F3N2O2/c17-16(18,19)10-4-6-21-13(7-10)15(8-11(22)9-15)14(23)12-3-1-2-5-20-12/h1-7,11,14,22-23H,8-9H2/t11?,14-,15?/m0/s1. The van der Waals surface area contributed by atoms with Crippen LogP contribution in [0.2, 0.25) is 0 Å². The van der Waals surface area contributed by atoms with Crippen molar-refractivity contribution in [2.24, 2.45) is 0 Å². The molecule has 4 nitrogen and oxygen atoms in total. The molecule has 2 N–H and O–H groups in total. The minimum Gasteiger partial charge on any atom is -0.393 e. The number of aliphatic hydroxyl groups excluding tert-OH is 2. The van der Waals surface area contributed by atoms with Gasteiger partial charge in [0.25, 0.3) is 0 Å². The molecule has 3 rings (SSSR count). The Morgan fingerprint density at radius 1 is 1.13 bits per heavy atom. The number of aliphatic hydroxyl groups is 2. The SMILES string of the molecule is OC1CC(c2cc(C(F)(F)F)ccn2)([C@@H](O)c2ccccn2)C1. The monoisotopic (exact) mass is 324 g/mol. The van der Waals surface area contributed by atoms with E-state index >= 15 is 0 Å². The molecule has 0 radical (unpaired) electrons. The van der Waals surface area contributed by atoms with E-state index in [1.54, 1.807) is 18.2 Å². The maximum absolute atomic E-state index is 12.9. The molecule has 2 heterocycles. The van der Waals surface area contributed by atoms with Gasteiger partial charge in [-0.1, -0.05) is 6.07 Å². The van der Waals surface area contributed by atoms with Crippen LogP contribution in [-0.4, -0.2) is 26.3 Å². The molecule has 0 aromatic carbocycles. The molecule has 1 aliphatic rings. The molecule has 0 spiro atoms. The van der Waals surface area contributed by atoms with Gasteiger partial charge in [-0.3, -0.25) is 9.97 Å². The molecule has 0 saturated heterocycles. The Morgan fingerprint density at radius 2 is 1.87 bits per heavy atom. The van der Waals surface area contributed by atoms with Gasteiger partial charge in [0.1, 0.15) is 6.10 Å². The zero-order chi connectivity index (χ0) is 16.7. The first-order valence-electron chi connectivity index (χ1n) is 7.14. The molecular formula is C16H15F3N2O2. The van der Waals surface area contributed by atoms with Crippen molar-refractivity contribution in [1.29, 1.82) is 0 Å². The molecule has 0 amide bonds. The van der Waals surface area contributed by atoms with Crippen LogP contribution in [0.3, 0.4) is 0 Å². The molecule has 0 unspecified atom stereocenters. The number of halogens is 3. The summed E-state index contributed by atoms with van der Waals surface area (Å²) in [5, 5.41) is 20.3. The number of nitrogens with zero attached hydrogens (tertiary/aromatic N) is 2. The summed E-state index contributed by atoms with van der Waals surface area (Å²) in [5.74, 6) is 0. The van der Waals surface area contributed by atoms with Crippen molar-refractivity contribution >= 4 is 0 Å². The lowest BCUT2D eigenvalue weighted by Gasteiger charge is -2.47. The van der Waals surface area contributed by atoms with Crippen molar-refractivity contribution in [2.75, 3.05) is 0 Å². The maximum Gasteiger partial charge on any atom is 0.416 e. The van der Waals surface area contributed by atoms with Crippen molar-refractivity contribution in [3.8, 4) is 0 Å². The Morgan fingerprint density at radius 3 is 2.43 bits per heavy atom. The summed E-state index contributed by atoms with van der Waals surface area (Å²) in [6.07, 6.45) is -3.45. The molecule has 2 aromatic heterocycles. The Bertz CT molecular complexity index is 685. The third kappa shape index (κ3) is 2.82. The van der Waals surface area contributed by atoms with Crippen LogP contribution in [0.4, 0.5) is 13.2 Å². The lowest BCUT2D eigenvalue weighted by Crippen LogP contribution is -2.49. The summed E-state index contributed by atoms with van der Waals surface area (Å²) >= 11 is 0. The van der Waals surface area contributed by atoms with E-state index in [1.807, 2.05) is 0 Å². The van der Waals surface area contributed by atoms with E-state index in [2.05, 4.69) is 9.97 Å². The Hall–Kier alpha value is -1.99. The van der Waals surface area contributed by atoms with Crippen LogP contribution in [0.1, 0.15) is 35.9 Å². The second-order valence-corrected chi connectivity index (χ2v) is 5.80. The van der Waals surface area contributed by atoms with E-state index in [0.29, 0.717) is 5.69 Å². The zero-order valence-electron chi connectivity index (χ0n) is 12.0. The lowest BCUT2D eigenvalue weighted by atomic mass is 9.60. The topological polar surface area (TPSA) is 66.2 Å². The normalized spacial score (nSPS) is 25.7. The Labute approximate surface area is 130 Å². The number of alkyl halides is 3. The molecular weight excluding hydrogens is 309 g/mol. The Balaban J connectivity index is 2.02. The quantitative estimate of drug-likeness (QED) is 0.911. The predicted octanol–water partition coefficient (Wildman–Crippen LogP) is 2.62. The van der Waals surface area contributed by atoms with Crippen LogP contribution in [0.5, 0.6) is 0 Å². The van der Waals surface area contributed by atoms with Crippen molar-refractivity contribution in [2.45, 2.75) is 36.6 Å². The van der Waals surface area contributed by atoms with E-state index in [-0.39, 0.29) is 18.5 Å². The van der Waals surface area contributed by atoms with Crippen LogP contribution in [-0.2, 0) is 11.6 Å². The molecule has 1 saturated carbocycles. The zero-order valence-corrected chi connectivity index (χ0v) is 12.0. The number of rotatable bonds is 3. The predicted molar refractivity (Wildman–Crippen MR) is 75.4 cm³/mol. The van der Waals surface area contributed by atoms with Crippen LogP contribution >= 0.6 is 0 Å². The lowest BCUT2D eigenvalue weighted by molar-refractivity contribution is -0.138. The minimum atomic E-state index is -4.49. The van der Waals surface area contributed by atoms with Gasteiger partial charge in [-0.05, 0) is 37.1 Å². The Kier molecular flexibility index (Phi) is 3.85. The number of hydrogen-bond acceptors (Lipinski definition) is 4. The average Bonchev–Trinajstić information content (AvgIpc) is 2.51. The van der Waals surface area contributed by atoms with Gasteiger partial charge >= 0.3 is 6.18 Å². The van der Waals surface area contributed by atoms with Gasteiger partial charge in [0.2, 0.25) is 0 Å². The highest BCUT2D eigenvalue weighted by Crippen LogP contribution is 2.51. The molecule has 0 aliphatic heterocycles. The number of hydrogen-bond donors (Lipinski definition) is 2. The van der Waals surface area contributed by atoms with Crippen molar-refractivity contribution in [3.05, 3.63) is 59.7 Å². The van der Waals surface area contributed by atoms with Crippen LogP contribution in [0, 0.1) is 0 Å². The van der Waals surface area contributed by atoms with E-state index < -0.39 is 29.4 Å². The van der Waals surface area contributed by atoms with E-state index in [4.69, 9.17) is 0 Å². The summed E-state index contributed by atoms with van der Waals surface area (Å²) in [6, 6.07) is 6.80. The van der Waals surface area contributed by atoms with Crippen LogP contribution in [0.15, 0.2) is 42.7 Å². The first kappa shape index (κ1) is 15.9. The molecule has 2 aromatic rings. The van der Waals surface area contributed by atoms with Gasteiger partial charge in [-0.25, -0.2) is 0 Å². The summed E-state index contributed by atoms with van der Waals surface area (Å²) < 4.78 is 38.8. The molecule has 122 valence electrons. The summed E-state index contributed by atoms with van der Waals surface area (Å²) in [4.78, 5) is 8.10. The van der Waals surface area contributed by atoms with Gasteiger partial charge in [0, 0.05) is 17.8 Å². The van der Waals surface area contributed by atoms with Gasteiger partial charge < -0.3 is 10.2 Å². The molecule has 0 bridgehead atoms. The number of pyridine rings is 2. The van der Waals surface area contributed by atoms with Gasteiger partial charge in [0.05, 0.1) is 23.1 Å². The average molecular weight is 324 g/mol. The van der Waals surface area contributed by atoms with E-state index in [1.165, 1.54) is 6.20 Å². The molecule has 1 fully saturated rings. The van der Waals surface area contributed by atoms with E-state index in [0.717, 1.165) is 18.3 Å². The van der Waals surface area contributed by atoms with Crippen LogP contribution < -0.4 is 0 Å². The fraction of sp³-hybridized carbons (Fsp3) is 0.375. The molecule has 1 aliphatic carbocycles. The molecule has 23 heavy (non-hydrogen) atoms. The third-order valence-electron chi connectivity index (χ3n) is 4.29. The second-order valence-electron chi connectivity index (χ2n) is 5.80. The second kappa shape index (κ2) is 5.58. The molecule has 7 heteroatoms. The number of aromatic nitrogens is 2. The third-order valence-corrected chi connectivity index (χ3v) is 4.29. The van der Waals surface area contributed by atoms with E-state index in [9.17, 15) is 23.4 Å².